The molecule has 0 aliphatic carbocycles. The summed E-state index contributed by atoms with van der Waals surface area (Å²) in [5.74, 6) is 3.59. The molecule has 0 saturated heterocycles. The van der Waals surface area contributed by atoms with Crippen LogP contribution >= 0.6 is 0 Å². The quantitative estimate of drug-likeness (QED) is 0.157. The molecular weight excluding hydrogens is 572 g/mol. The van der Waals surface area contributed by atoms with E-state index in [9.17, 15) is 4.79 Å². The average Bonchev–Trinajstić information content (AvgIpc) is 3.06. The molecule has 0 radical (unpaired) electrons. The van der Waals surface area contributed by atoms with Crippen molar-refractivity contribution in [1.82, 2.24) is 0 Å². The lowest BCUT2D eigenvalue weighted by molar-refractivity contribution is 0.120. The highest BCUT2D eigenvalue weighted by Crippen LogP contribution is 2.40. The fraction of sp³-hybridized carbons (Fsp3) is 0.303. The first-order chi connectivity index (χ1) is 21.4. The predicted molar refractivity (Wildman–Crippen MR) is 166 cm³/mol. The summed E-state index contributed by atoms with van der Waals surface area (Å²) in [4.78, 5) is 13.8. The fourth-order valence-electron chi connectivity index (χ4n) is 4.56. The topological polar surface area (TPSA) is 113 Å². The molecule has 4 aromatic rings. The molecule has 0 aliphatic rings. The van der Waals surface area contributed by atoms with Crippen LogP contribution in [0.25, 0.3) is 28.4 Å². The molecule has 4 rings (SSSR count). The molecule has 0 atom stereocenters. The van der Waals surface area contributed by atoms with Crippen molar-refractivity contribution in [3.63, 3.8) is 0 Å². The lowest BCUT2D eigenvalue weighted by Crippen LogP contribution is -2.15. The predicted octanol–water partition coefficient (Wildman–Crippen LogP) is 5.63. The van der Waals surface area contributed by atoms with Crippen LogP contribution in [0.4, 0.5) is 0 Å². The van der Waals surface area contributed by atoms with Gasteiger partial charge in [-0.05, 0) is 35.9 Å². The molecule has 3 aromatic carbocycles. The Balaban J connectivity index is 1.56. The second kappa shape index (κ2) is 14.9. The van der Waals surface area contributed by atoms with Crippen LogP contribution in [0.3, 0.4) is 0 Å². The third-order valence-electron chi connectivity index (χ3n) is 6.68. The van der Waals surface area contributed by atoms with Crippen molar-refractivity contribution in [2.45, 2.75) is 0 Å². The Bertz CT molecular complexity index is 1650. The Morgan fingerprint density at radius 2 is 1.34 bits per heavy atom. The lowest BCUT2D eigenvalue weighted by Gasteiger charge is -2.15. The molecule has 0 amide bonds. The van der Waals surface area contributed by atoms with Gasteiger partial charge in [0.1, 0.15) is 29.1 Å². The molecule has 234 valence electrons. The van der Waals surface area contributed by atoms with Crippen molar-refractivity contribution in [2.75, 3.05) is 69.6 Å². The van der Waals surface area contributed by atoms with E-state index in [0.717, 1.165) is 5.56 Å². The zero-order valence-electron chi connectivity index (χ0n) is 25.8. The molecule has 0 unspecified atom stereocenters. The van der Waals surface area contributed by atoms with E-state index in [1.165, 1.54) is 21.3 Å². The van der Waals surface area contributed by atoms with Gasteiger partial charge < -0.3 is 47.0 Å². The molecule has 0 aliphatic heterocycles. The maximum atomic E-state index is 13.8. The van der Waals surface area contributed by atoms with Gasteiger partial charge in [-0.15, -0.1) is 0 Å². The molecule has 1 aromatic heterocycles. The van der Waals surface area contributed by atoms with Gasteiger partial charge in [-0.25, -0.2) is 0 Å². The summed E-state index contributed by atoms with van der Waals surface area (Å²) >= 11 is 0. The third kappa shape index (κ3) is 6.78. The van der Waals surface area contributed by atoms with Gasteiger partial charge in [0, 0.05) is 17.7 Å². The van der Waals surface area contributed by atoms with E-state index in [1.807, 2.05) is 24.3 Å². The van der Waals surface area contributed by atoms with Gasteiger partial charge in [0.2, 0.25) is 16.9 Å². The van der Waals surface area contributed by atoms with Gasteiger partial charge in [-0.1, -0.05) is 12.2 Å². The normalized spacial score (nSPS) is 11.0. The van der Waals surface area contributed by atoms with Crippen molar-refractivity contribution in [1.29, 1.82) is 0 Å². The molecule has 44 heavy (non-hydrogen) atoms. The molecule has 0 fully saturated rings. The summed E-state index contributed by atoms with van der Waals surface area (Å²) in [6.45, 7) is 0.567. The smallest absolute Gasteiger partial charge is 0.239 e. The van der Waals surface area contributed by atoms with E-state index in [2.05, 4.69) is 0 Å². The summed E-state index contributed by atoms with van der Waals surface area (Å²) in [5.41, 5.74) is 1.26. The highest BCUT2D eigenvalue weighted by atomic mass is 16.5. The van der Waals surface area contributed by atoms with Crippen LogP contribution in [0.5, 0.6) is 46.0 Å². The highest BCUT2D eigenvalue weighted by molar-refractivity contribution is 5.88. The van der Waals surface area contributed by atoms with E-state index in [1.54, 1.807) is 58.8 Å². The van der Waals surface area contributed by atoms with Crippen LogP contribution in [0, 0.1) is 0 Å². The molecule has 0 bridgehead atoms. The number of rotatable bonds is 15. The number of ether oxygens (including phenoxy) is 9. The van der Waals surface area contributed by atoms with Crippen molar-refractivity contribution in [2.24, 2.45) is 0 Å². The fourth-order valence-corrected chi connectivity index (χ4v) is 4.56. The van der Waals surface area contributed by atoms with Crippen LogP contribution in [-0.4, -0.2) is 69.6 Å². The standard InChI is InChI=1S/C33H36O11/c1-35-22-18-25(38-4)29-26(19-22)44-31(21-10-11-23(36-2)24(17-21)37-3)33(30(29)34)43-14-13-42-12-8-9-20-15-27(39-5)32(41-7)28(16-20)40-6/h8-11,15-19H,12-14H2,1-7H3/b9-8+. The number of methoxy groups -OCH3 is 7. The summed E-state index contributed by atoms with van der Waals surface area (Å²) in [7, 11) is 10.7. The van der Waals surface area contributed by atoms with E-state index in [-0.39, 0.29) is 35.7 Å². The number of fused-ring (bicyclic) bond motifs is 1. The maximum absolute atomic E-state index is 13.8. The lowest BCUT2D eigenvalue weighted by atomic mass is 10.1. The first kappa shape index (κ1) is 31.9. The second-order valence-corrected chi connectivity index (χ2v) is 9.15. The number of hydrogen-bond acceptors (Lipinski definition) is 11. The van der Waals surface area contributed by atoms with Crippen molar-refractivity contribution >= 4 is 17.0 Å². The minimum atomic E-state index is -0.405. The van der Waals surface area contributed by atoms with Gasteiger partial charge >= 0.3 is 0 Å². The third-order valence-corrected chi connectivity index (χ3v) is 6.68. The second-order valence-electron chi connectivity index (χ2n) is 9.15. The van der Waals surface area contributed by atoms with Crippen molar-refractivity contribution in [3.8, 4) is 57.3 Å². The highest BCUT2D eigenvalue weighted by Gasteiger charge is 2.22. The van der Waals surface area contributed by atoms with Crippen molar-refractivity contribution in [3.05, 3.63) is 64.3 Å². The molecule has 1 heterocycles. The Morgan fingerprint density at radius 3 is 1.95 bits per heavy atom. The van der Waals surface area contributed by atoms with Crippen molar-refractivity contribution < 1.29 is 47.0 Å². The molecule has 0 saturated carbocycles. The van der Waals surface area contributed by atoms with Crippen LogP contribution in [0.2, 0.25) is 0 Å². The Kier molecular flexibility index (Phi) is 10.8. The first-order valence-corrected chi connectivity index (χ1v) is 13.5. The van der Waals surface area contributed by atoms with Crippen LogP contribution < -0.4 is 43.3 Å². The number of benzene rings is 3. The van der Waals surface area contributed by atoms with E-state index in [4.69, 9.17) is 47.0 Å². The zero-order chi connectivity index (χ0) is 31.6. The van der Waals surface area contributed by atoms with E-state index in [0.29, 0.717) is 52.4 Å². The maximum Gasteiger partial charge on any atom is 0.239 e. The average molecular weight is 609 g/mol. The Hall–Kier alpha value is -5.03. The van der Waals surface area contributed by atoms with Gasteiger partial charge in [0.15, 0.2) is 28.8 Å². The summed E-state index contributed by atoms with van der Waals surface area (Å²) in [6, 6.07) is 12.1. The van der Waals surface area contributed by atoms with E-state index < -0.39 is 5.43 Å². The minimum Gasteiger partial charge on any atom is -0.496 e. The minimum absolute atomic E-state index is 0.00440. The van der Waals surface area contributed by atoms with Gasteiger partial charge in [-0.3, -0.25) is 4.79 Å². The largest absolute Gasteiger partial charge is 0.496 e. The van der Waals surface area contributed by atoms with Crippen LogP contribution in [-0.2, 0) is 4.74 Å². The molecule has 11 nitrogen and oxygen atoms in total. The Morgan fingerprint density at radius 1 is 0.659 bits per heavy atom. The Labute approximate surface area is 255 Å². The van der Waals surface area contributed by atoms with Gasteiger partial charge in [0.05, 0.1) is 63.0 Å². The van der Waals surface area contributed by atoms with Gasteiger partial charge in [-0.2, -0.15) is 0 Å². The van der Waals surface area contributed by atoms with Gasteiger partial charge in [0.25, 0.3) is 0 Å². The first-order valence-electron chi connectivity index (χ1n) is 13.5. The summed E-state index contributed by atoms with van der Waals surface area (Å²) < 4.78 is 55.8. The number of hydrogen-bond donors (Lipinski definition) is 0. The molecule has 11 heteroatoms. The van der Waals surface area contributed by atoms with Crippen LogP contribution in [0.15, 0.2) is 57.8 Å². The summed E-state index contributed by atoms with van der Waals surface area (Å²) in [5, 5.41) is 0.224. The monoisotopic (exact) mass is 608 g/mol. The molecule has 0 N–H and O–H groups in total. The summed E-state index contributed by atoms with van der Waals surface area (Å²) in [6.07, 6.45) is 3.72. The molecular formula is C33H36O11. The van der Waals surface area contributed by atoms with Crippen LogP contribution in [0.1, 0.15) is 5.56 Å². The van der Waals surface area contributed by atoms with E-state index >= 15 is 0 Å². The molecule has 0 spiro atoms. The zero-order valence-corrected chi connectivity index (χ0v) is 25.8. The SMILES string of the molecule is COc1cc(OC)c2c(=O)c(OCCOC/C=C/c3cc(OC)c(OC)c(OC)c3)c(-c3ccc(OC)c(OC)c3)oc2c1.